The summed E-state index contributed by atoms with van der Waals surface area (Å²) in [6, 6.07) is 13.2. The molecule has 1 heterocycles. The van der Waals surface area contributed by atoms with Gasteiger partial charge in [-0.1, -0.05) is 41.9 Å². The van der Waals surface area contributed by atoms with Crippen LogP contribution in [0.3, 0.4) is 0 Å². The number of hydrogen-bond acceptors (Lipinski definition) is 5. The number of nitrogens with zero attached hydrogens (tertiary/aromatic N) is 2. The Morgan fingerprint density at radius 1 is 1.02 bits per heavy atom. The topological polar surface area (TPSA) is 65.0 Å². The molecule has 0 saturated carbocycles. The molecule has 2 aromatic carbocycles. The van der Waals surface area contributed by atoms with Crippen molar-refractivity contribution in [2.24, 2.45) is 4.99 Å². The molecule has 1 atom stereocenters. The number of nitrogens with one attached hydrogen (secondary N) is 1. The molecule has 3 aromatic rings. The van der Waals surface area contributed by atoms with Crippen LogP contribution in [0.2, 0.25) is 5.02 Å². The van der Waals surface area contributed by atoms with Crippen molar-refractivity contribution in [2.75, 3.05) is 27.4 Å². The van der Waals surface area contributed by atoms with Crippen molar-refractivity contribution in [2.45, 2.75) is 30.4 Å². The van der Waals surface area contributed by atoms with Crippen molar-refractivity contribution in [3.63, 3.8) is 0 Å². The van der Waals surface area contributed by atoms with Gasteiger partial charge in [0.1, 0.15) is 30.3 Å². The fraction of sp³-hybridized carbons (Fsp3) is 0.333. The van der Waals surface area contributed by atoms with Gasteiger partial charge in [0.25, 0.3) is 11.9 Å². The van der Waals surface area contributed by atoms with Crippen molar-refractivity contribution < 1.29 is 44.9 Å². The zero-order chi connectivity index (χ0) is 30.3. The largest absolute Gasteiger partial charge is 0.469 e. The maximum atomic E-state index is 14.9. The number of methoxy groups -OCH3 is 2. The van der Waals surface area contributed by atoms with Gasteiger partial charge in [0.15, 0.2) is 0 Å². The fourth-order valence-corrected chi connectivity index (χ4v) is 4.01. The van der Waals surface area contributed by atoms with E-state index in [0.717, 1.165) is 26.4 Å². The van der Waals surface area contributed by atoms with Crippen LogP contribution >= 0.6 is 11.6 Å². The summed E-state index contributed by atoms with van der Waals surface area (Å²) in [4.78, 5) is 8.12. The molecule has 1 N–H and O–H groups in total. The minimum Gasteiger partial charge on any atom is -0.469 e. The Labute approximate surface area is 236 Å². The second-order valence-corrected chi connectivity index (χ2v) is 9.25. The molecule has 14 heteroatoms. The molecule has 0 saturated heterocycles. The Balaban J connectivity index is 2.26. The van der Waals surface area contributed by atoms with Crippen LogP contribution in [-0.2, 0) is 21.4 Å². The number of amidine groups is 1. The lowest BCUT2D eigenvalue weighted by Crippen LogP contribution is -2.50. The van der Waals surface area contributed by atoms with E-state index in [1.54, 1.807) is 30.3 Å². The van der Waals surface area contributed by atoms with Gasteiger partial charge in [-0.15, -0.1) is 0 Å². The number of pyridine rings is 1. The van der Waals surface area contributed by atoms with E-state index in [1.807, 2.05) is 0 Å². The number of hydrogen-bond donors (Lipinski definition) is 1. The quantitative estimate of drug-likeness (QED) is 0.145. The molecule has 41 heavy (non-hydrogen) atoms. The van der Waals surface area contributed by atoms with E-state index in [4.69, 9.17) is 16.3 Å². The van der Waals surface area contributed by atoms with Gasteiger partial charge < -0.3 is 19.5 Å². The molecule has 0 aliphatic rings. The van der Waals surface area contributed by atoms with E-state index in [1.165, 1.54) is 18.3 Å². The highest BCUT2D eigenvalue weighted by molar-refractivity contribution is 6.30. The van der Waals surface area contributed by atoms with Gasteiger partial charge in [0, 0.05) is 25.8 Å². The van der Waals surface area contributed by atoms with Crippen LogP contribution in [0, 0.1) is 5.82 Å². The van der Waals surface area contributed by atoms with E-state index >= 15 is 0 Å². The maximum Gasteiger partial charge on any atom is 0.461 e. The summed E-state index contributed by atoms with van der Waals surface area (Å²) in [5, 5.41) is 3.07. The van der Waals surface area contributed by atoms with Gasteiger partial charge in [0.05, 0.1) is 17.8 Å². The molecule has 0 unspecified atom stereocenters. The first kappa shape index (κ1) is 31.9. The molecule has 0 aliphatic carbocycles. The third-order valence-electron chi connectivity index (χ3n) is 5.67. The summed E-state index contributed by atoms with van der Waals surface area (Å²) >= 11 is 6.02. The lowest BCUT2D eigenvalue weighted by atomic mass is 9.80. The summed E-state index contributed by atoms with van der Waals surface area (Å²) in [5.74, 6) is -5.44. The summed E-state index contributed by atoms with van der Waals surface area (Å²) in [6.07, 6.45) is -8.02. The highest BCUT2D eigenvalue weighted by Gasteiger charge is 2.45. The van der Waals surface area contributed by atoms with Crippen LogP contribution in [0.25, 0.3) is 0 Å². The first-order valence-electron chi connectivity index (χ1n) is 11.9. The van der Waals surface area contributed by atoms with Crippen LogP contribution in [0.4, 0.5) is 30.7 Å². The van der Waals surface area contributed by atoms with Crippen molar-refractivity contribution in [3.8, 4) is 5.75 Å². The lowest BCUT2D eigenvalue weighted by molar-refractivity contribution is -0.253. The van der Waals surface area contributed by atoms with Crippen molar-refractivity contribution >= 4 is 17.6 Å². The zero-order valence-electron chi connectivity index (χ0n) is 21.7. The summed E-state index contributed by atoms with van der Waals surface area (Å²) in [7, 11) is 2.22. The molecule has 222 valence electrons. The number of aliphatic imine (C=N–C) groups is 1. The Morgan fingerprint density at radius 3 is 2.32 bits per heavy atom. The van der Waals surface area contributed by atoms with Crippen LogP contribution in [0.1, 0.15) is 16.8 Å². The molecule has 0 aliphatic heterocycles. The predicted molar refractivity (Wildman–Crippen MR) is 137 cm³/mol. The van der Waals surface area contributed by atoms with Gasteiger partial charge in [-0.2, -0.15) is 17.6 Å². The van der Waals surface area contributed by atoms with Gasteiger partial charge in [-0.05, 0) is 35.4 Å². The highest BCUT2D eigenvalue weighted by atomic mass is 35.5. The van der Waals surface area contributed by atoms with Crippen molar-refractivity contribution in [3.05, 3.63) is 94.5 Å². The van der Waals surface area contributed by atoms with E-state index < -0.39 is 54.7 Å². The number of rotatable bonds is 12. The Kier molecular flexibility index (Phi) is 10.4. The Morgan fingerprint density at radius 2 is 1.73 bits per heavy atom. The van der Waals surface area contributed by atoms with Gasteiger partial charge in [-0.25, -0.2) is 18.2 Å². The first-order valence-corrected chi connectivity index (χ1v) is 12.2. The second-order valence-electron chi connectivity index (χ2n) is 8.81. The third-order valence-corrected chi connectivity index (χ3v) is 5.90. The standard InChI is InChI=1S/C27H25ClF7N3O3/c1-39-16-25(32,33)15-37-24(40-2)38-26(13-17-6-4-3-5-7-17,22-9-8-19(28)14-36-22)18-10-20(29)12-21(11-18)41-27(34,35)23(30)31/h3-12,14,23H,13,15-16H2,1-2H3,(H,37,38)/t26-/m0/s1. The maximum absolute atomic E-state index is 14.9. The molecule has 0 spiro atoms. The van der Waals surface area contributed by atoms with Gasteiger partial charge >= 0.3 is 12.5 Å². The zero-order valence-corrected chi connectivity index (χ0v) is 22.4. The second kappa shape index (κ2) is 13.4. The summed E-state index contributed by atoms with van der Waals surface area (Å²) in [5.41, 5.74) is -1.26. The molecule has 6 nitrogen and oxygen atoms in total. The predicted octanol–water partition coefficient (Wildman–Crippen LogP) is 6.47. The SMILES string of the molecule is COCC(F)(F)C/N=C(/N[C@@](Cc1ccccc1)(c1cc(F)cc(OC(F)(F)C(F)F)c1)c1ccc(Cl)cn1)OC. The summed E-state index contributed by atoms with van der Waals surface area (Å²) in [6.45, 7) is -2.02. The summed E-state index contributed by atoms with van der Waals surface area (Å²) < 4.78 is 110. The van der Waals surface area contributed by atoms with E-state index in [2.05, 4.69) is 24.8 Å². The van der Waals surface area contributed by atoms with Gasteiger partial charge in [-0.3, -0.25) is 4.98 Å². The smallest absolute Gasteiger partial charge is 0.461 e. The van der Waals surface area contributed by atoms with Gasteiger partial charge in [0.2, 0.25) is 0 Å². The normalized spacial score (nSPS) is 14.1. The number of ether oxygens (including phenoxy) is 3. The van der Waals surface area contributed by atoms with E-state index in [0.29, 0.717) is 11.6 Å². The number of alkyl halides is 6. The first-order chi connectivity index (χ1) is 19.3. The monoisotopic (exact) mass is 607 g/mol. The Bertz CT molecular complexity index is 1320. The Hall–Kier alpha value is -3.58. The number of benzene rings is 2. The molecule has 0 fully saturated rings. The highest BCUT2D eigenvalue weighted by Crippen LogP contribution is 2.37. The number of halogens is 8. The minimum atomic E-state index is -4.94. The van der Waals surface area contributed by atoms with Crippen LogP contribution in [0.15, 0.2) is 71.9 Å². The van der Waals surface area contributed by atoms with Crippen LogP contribution in [0.5, 0.6) is 5.75 Å². The van der Waals surface area contributed by atoms with E-state index in [9.17, 15) is 30.7 Å². The number of aromatic nitrogens is 1. The molecular weight excluding hydrogens is 583 g/mol. The molecule has 0 bridgehead atoms. The van der Waals surface area contributed by atoms with Crippen molar-refractivity contribution in [1.29, 1.82) is 0 Å². The van der Waals surface area contributed by atoms with Crippen molar-refractivity contribution in [1.82, 2.24) is 10.3 Å². The molecule has 0 amide bonds. The lowest BCUT2D eigenvalue weighted by Gasteiger charge is -2.36. The molecule has 1 aromatic heterocycles. The fourth-order valence-electron chi connectivity index (χ4n) is 3.90. The van der Waals surface area contributed by atoms with E-state index in [-0.39, 0.29) is 22.7 Å². The molecule has 3 rings (SSSR count). The third kappa shape index (κ3) is 8.46. The minimum absolute atomic E-state index is 0.0938. The average molecular weight is 608 g/mol. The average Bonchev–Trinajstić information content (AvgIpc) is 2.90. The molecular formula is C27H25ClF7N3O3. The van der Waals surface area contributed by atoms with Crippen LogP contribution in [-0.4, -0.2) is 56.8 Å². The molecule has 0 radical (unpaired) electrons. The van der Waals surface area contributed by atoms with Crippen LogP contribution < -0.4 is 10.1 Å².